The number of benzene rings is 1. The molecule has 0 amide bonds. The second kappa shape index (κ2) is 6.34. The second-order valence-electron chi connectivity index (χ2n) is 4.19. The number of aromatic nitrogens is 1. The number of aromatic carboxylic acids is 1. The van der Waals surface area contributed by atoms with Crippen LogP contribution in [0.3, 0.4) is 0 Å². The number of hydrogen-bond donors (Lipinski definition) is 2. The third kappa shape index (κ3) is 3.33. The summed E-state index contributed by atoms with van der Waals surface area (Å²) in [6, 6.07) is 12.4. The minimum Gasteiger partial charge on any atom is -0.478 e. The topological polar surface area (TPSA) is 86.0 Å². The summed E-state index contributed by atoms with van der Waals surface area (Å²) in [6.45, 7) is 0.646. The molecule has 1 heterocycles. The molecule has 100 valence electrons. The van der Waals surface area contributed by atoms with E-state index in [2.05, 4.69) is 10.3 Å². The van der Waals surface area contributed by atoms with Gasteiger partial charge in [-0.1, -0.05) is 12.1 Å². The predicted octanol–water partition coefficient (Wildman–Crippen LogP) is 2.31. The molecule has 0 radical (unpaired) electrons. The van der Waals surface area contributed by atoms with Crippen molar-refractivity contribution in [3.05, 3.63) is 59.4 Å². The lowest BCUT2D eigenvalue weighted by atomic mass is 10.1. The molecule has 1 aromatic heterocycles. The summed E-state index contributed by atoms with van der Waals surface area (Å²) in [6.07, 6.45) is 2.31. The summed E-state index contributed by atoms with van der Waals surface area (Å²) in [5.74, 6) is -0.927. The number of carboxylic acids is 1. The Kier molecular flexibility index (Phi) is 4.30. The van der Waals surface area contributed by atoms with Gasteiger partial charge < -0.3 is 10.4 Å². The zero-order chi connectivity index (χ0) is 14.4. The average molecular weight is 267 g/mol. The predicted molar refractivity (Wildman–Crippen MR) is 74.5 cm³/mol. The summed E-state index contributed by atoms with van der Waals surface area (Å²) >= 11 is 0. The van der Waals surface area contributed by atoms with E-state index in [-0.39, 0.29) is 5.56 Å². The number of pyridine rings is 1. The van der Waals surface area contributed by atoms with E-state index in [1.165, 1.54) is 0 Å². The Morgan fingerprint density at radius 2 is 2.05 bits per heavy atom. The Morgan fingerprint density at radius 3 is 2.70 bits per heavy atom. The van der Waals surface area contributed by atoms with Crippen LogP contribution in [0, 0.1) is 11.3 Å². The minimum atomic E-state index is -0.927. The zero-order valence-electron chi connectivity index (χ0n) is 10.7. The van der Waals surface area contributed by atoms with Gasteiger partial charge in [0.15, 0.2) is 5.69 Å². The van der Waals surface area contributed by atoms with Crippen LogP contribution in [-0.2, 0) is 6.42 Å². The third-order valence-electron chi connectivity index (χ3n) is 2.84. The first-order valence-corrected chi connectivity index (χ1v) is 6.12. The highest BCUT2D eigenvalue weighted by molar-refractivity contribution is 5.87. The lowest BCUT2D eigenvalue weighted by Crippen LogP contribution is -2.07. The molecule has 0 aliphatic carbocycles. The molecule has 0 spiro atoms. The van der Waals surface area contributed by atoms with Gasteiger partial charge in [0.1, 0.15) is 6.07 Å². The smallest absolute Gasteiger partial charge is 0.335 e. The highest BCUT2D eigenvalue weighted by Gasteiger charge is 2.03. The summed E-state index contributed by atoms with van der Waals surface area (Å²) < 4.78 is 0. The van der Waals surface area contributed by atoms with Gasteiger partial charge in [0.2, 0.25) is 0 Å². The fourth-order valence-corrected chi connectivity index (χ4v) is 1.79. The van der Waals surface area contributed by atoms with Crippen LogP contribution < -0.4 is 5.32 Å². The van der Waals surface area contributed by atoms with Gasteiger partial charge in [-0.2, -0.15) is 5.26 Å². The summed E-state index contributed by atoms with van der Waals surface area (Å²) in [7, 11) is 0. The van der Waals surface area contributed by atoms with E-state index in [9.17, 15) is 4.79 Å². The molecular formula is C15H13N3O2. The molecule has 0 fully saturated rings. The highest BCUT2D eigenvalue weighted by Crippen LogP contribution is 2.11. The van der Waals surface area contributed by atoms with Crippen LogP contribution in [-0.4, -0.2) is 22.6 Å². The molecule has 1 aromatic carbocycles. The Morgan fingerprint density at radius 1 is 1.30 bits per heavy atom. The normalized spacial score (nSPS) is 9.75. The van der Waals surface area contributed by atoms with Crippen molar-refractivity contribution in [1.82, 2.24) is 4.98 Å². The highest BCUT2D eigenvalue weighted by atomic mass is 16.4. The van der Waals surface area contributed by atoms with Gasteiger partial charge in [0.25, 0.3) is 0 Å². The lowest BCUT2D eigenvalue weighted by Gasteiger charge is -2.07. The molecule has 0 aliphatic rings. The number of carbonyl (C=O) groups is 1. The molecule has 0 saturated heterocycles. The average Bonchev–Trinajstić information content (AvgIpc) is 2.48. The molecule has 0 unspecified atom stereocenters. The SMILES string of the molecule is N#Cc1ncccc1NCCc1ccc(C(=O)O)cc1. The molecule has 5 nitrogen and oxygen atoms in total. The van der Waals surface area contributed by atoms with Crippen LogP contribution in [0.15, 0.2) is 42.6 Å². The van der Waals surface area contributed by atoms with E-state index in [0.717, 1.165) is 12.0 Å². The molecule has 0 aliphatic heterocycles. The largest absolute Gasteiger partial charge is 0.478 e. The van der Waals surface area contributed by atoms with E-state index in [1.807, 2.05) is 6.07 Å². The van der Waals surface area contributed by atoms with E-state index in [1.54, 1.807) is 42.6 Å². The summed E-state index contributed by atoms with van der Waals surface area (Å²) in [5.41, 5.74) is 2.39. The van der Waals surface area contributed by atoms with E-state index >= 15 is 0 Å². The van der Waals surface area contributed by atoms with Gasteiger partial charge in [-0.25, -0.2) is 9.78 Å². The first-order chi connectivity index (χ1) is 9.70. The molecule has 5 heteroatoms. The van der Waals surface area contributed by atoms with E-state index in [0.29, 0.717) is 17.9 Å². The number of hydrogen-bond acceptors (Lipinski definition) is 4. The van der Waals surface area contributed by atoms with Crippen LogP contribution in [0.4, 0.5) is 5.69 Å². The maximum atomic E-state index is 10.7. The van der Waals surface area contributed by atoms with Gasteiger partial charge >= 0.3 is 5.97 Å². The molecular weight excluding hydrogens is 254 g/mol. The molecule has 2 rings (SSSR count). The van der Waals surface area contributed by atoms with Gasteiger partial charge in [-0.3, -0.25) is 0 Å². The monoisotopic (exact) mass is 267 g/mol. The summed E-state index contributed by atoms with van der Waals surface area (Å²) in [4.78, 5) is 14.7. The Labute approximate surface area is 116 Å². The first kappa shape index (κ1) is 13.6. The van der Waals surface area contributed by atoms with Crippen LogP contribution in [0.1, 0.15) is 21.6 Å². The van der Waals surface area contributed by atoms with E-state index in [4.69, 9.17) is 10.4 Å². The van der Waals surface area contributed by atoms with Gasteiger partial charge in [-0.05, 0) is 36.2 Å². The molecule has 0 bridgehead atoms. The quantitative estimate of drug-likeness (QED) is 0.868. The van der Waals surface area contributed by atoms with Crippen molar-refractivity contribution >= 4 is 11.7 Å². The van der Waals surface area contributed by atoms with Crippen molar-refractivity contribution in [1.29, 1.82) is 5.26 Å². The number of carboxylic acid groups (broad SMARTS) is 1. The van der Waals surface area contributed by atoms with Crippen LogP contribution >= 0.6 is 0 Å². The fraction of sp³-hybridized carbons (Fsp3) is 0.133. The number of rotatable bonds is 5. The molecule has 20 heavy (non-hydrogen) atoms. The van der Waals surface area contributed by atoms with Crippen molar-refractivity contribution in [3.63, 3.8) is 0 Å². The number of nitrogens with one attached hydrogen (secondary N) is 1. The van der Waals surface area contributed by atoms with Gasteiger partial charge in [0, 0.05) is 12.7 Å². The molecule has 0 saturated carbocycles. The maximum Gasteiger partial charge on any atom is 0.335 e. The van der Waals surface area contributed by atoms with Crippen molar-refractivity contribution in [2.45, 2.75) is 6.42 Å². The van der Waals surface area contributed by atoms with Crippen LogP contribution in [0.25, 0.3) is 0 Å². The second-order valence-corrected chi connectivity index (χ2v) is 4.19. The Bertz CT molecular complexity index is 645. The van der Waals surface area contributed by atoms with Crippen molar-refractivity contribution < 1.29 is 9.90 Å². The summed E-state index contributed by atoms with van der Waals surface area (Å²) in [5, 5.41) is 20.9. The lowest BCUT2D eigenvalue weighted by molar-refractivity contribution is 0.0697. The molecule has 2 N–H and O–H groups in total. The number of nitriles is 1. The van der Waals surface area contributed by atoms with E-state index < -0.39 is 5.97 Å². The van der Waals surface area contributed by atoms with Crippen molar-refractivity contribution in [2.24, 2.45) is 0 Å². The first-order valence-electron chi connectivity index (χ1n) is 6.12. The van der Waals surface area contributed by atoms with Crippen molar-refractivity contribution in [2.75, 3.05) is 11.9 Å². The molecule has 0 atom stereocenters. The number of nitrogens with zero attached hydrogens (tertiary/aromatic N) is 2. The Balaban J connectivity index is 1.93. The van der Waals surface area contributed by atoms with Crippen LogP contribution in [0.5, 0.6) is 0 Å². The zero-order valence-corrected chi connectivity index (χ0v) is 10.7. The fourth-order valence-electron chi connectivity index (χ4n) is 1.79. The van der Waals surface area contributed by atoms with Gasteiger partial charge in [-0.15, -0.1) is 0 Å². The molecule has 2 aromatic rings. The minimum absolute atomic E-state index is 0.278. The third-order valence-corrected chi connectivity index (χ3v) is 2.84. The van der Waals surface area contributed by atoms with Crippen molar-refractivity contribution in [3.8, 4) is 6.07 Å². The Hall–Kier alpha value is -2.87. The maximum absolute atomic E-state index is 10.7. The van der Waals surface area contributed by atoms with Gasteiger partial charge in [0.05, 0.1) is 11.3 Å². The standard InChI is InChI=1S/C15H13N3O2/c16-10-14-13(2-1-8-17-14)18-9-7-11-3-5-12(6-4-11)15(19)20/h1-6,8,18H,7,9H2,(H,19,20). The van der Waals surface area contributed by atoms with Crippen LogP contribution in [0.2, 0.25) is 0 Å². The number of anilines is 1.